The van der Waals surface area contributed by atoms with Gasteiger partial charge in [0.2, 0.25) is 0 Å². The van der Waals surface area contributed by atoms with Crippen LogP contribution in [0.25, 0.3) is 0 Å². The maximum atomic E-state index is 12.3. The Morgan fingerprint density at radius 1 is 1.53 bits per heavy atom. The van der Waals surface area contributed by atoms with Crippen molar-refractivity contribution in [3.05, 3.63) is 11.2 Å². The highest BCUT2D eigenvalue weighted by atomic mass is 32.2. The topological polar surface area (TPSA) is 108 Å². The molecule has 0 aliphatic heterocycles. The first kappa shape index (κ1) is 16.0. The molecule has 0 aliphatic carbocycles. The standard InChI is InChI=1S/C10H16N2O5S2/c1-4-12(5-10(2,3)15)19(16,17)9-7(8(13)14)11-6-18-9/h6,15H,4-5H2,1-3H3,(H,13,14). The molecule has 0 atom stereocenters. The molecule has 0 spiro atoms. The zero-order valence-corrected chi connectivity index (χ0v) is 12.5. The fourth-order valence-corrected chi connectivity index (χ4v) is 4.36. The molecule has 1 rings (SSSR count). The molecule has 1 aromatic rings. The van der Waals surface area contributed by atoms with E-state index in [0.717, 1.165) is 15.6 Å². The predicted molar refractivity (Wildman–Crippen MR) is 69.8 cm³/mol. The van der Waals surface area contributed by atoms with Crippen LogP contribution in [0.5, 0.6) is 0 Å². The summed E-state index contributed by atoms with van der Waals surface area (Å²) in [5.41, 5.74) is -0.523. The molecule has 0 saturated carbocycles. The van der Waals surface area contributed by atoms with E-state index in [4.69, 9.17) is 5.11 Å². The number of aromatic nitrogens is 1. The normalized spacial score (nSPS) is 12.9. The van der Waals surface area contributed by atoms with Crippen molar-refractivity contribution in [1.29, 1.82) is 0 Å². The van der Waals surface area contributed by atoms with E-state index in [1.54, 1.807) is 6.92 Å². The fraction of sp³-hybridized carbons (Fsp3) is 0.600. The van der Waals surface area contributed by atoms with E-state index in [-0.39, 0.29) is 17.3 Å². The highest BCUT2D eigenvalue weighted by molar-refractivity contribution is 7.91. The number of aromatic carboxylic acids is 1. The van der Waals surface area contributed by atoms with Gasteiger partial charge in [0.15, 0.2) is 9.90 Å². The first-order valence-corrected chi connectivity index (χ1v) is 7.81. The van der Waals surface area contributed by atoms with Crippen LogP contribution in [-0.2, 0) is 10.0 Å². The molecule has 19 heavy (non-hydrogen) atoms. The lowest BCUT2D eigenvalue weighted by Gasteiger charge is -2.26. The van der Waals surface area contributed by atoms with Crippen LogP contribution in [0, 0.1) is 0 Å². The van der Waals surface area contributed by atoms with Gasteiger partial charge in [-0.1, -0.05) is 6.92 Å². The third-order valence-corrected chi connectivity index (χ3v) is 5.50. The minimum Gasteiger partial charge on any atom is -0.476 e. The van der Waals surface area contributed by atoms with E-state index < -0.39 is 27.3 Å². The van der Waals surface area contributed by atoms with Crippen molar-refractivity contribution < 1.29 is 23.4 Å². The number of hydrogen-bond acceptors (Lipinski definition) is 6. The van der Waals surface area contributed by atoms with Gasteiger partial charge in [-0.2, -0.15) is 4.31 Å². The van der Waals surface area contributed by atoms with Gasteiger partial charge in [-0.15, -0.1) is 11.3 Å². The second kappa shape index (κ2) is 5.53. The minimum absolute atomic E-state index is 0.122. The summed E-state index contributed by atoms with van der Waals surface area (Å²) in [6, 6.07) is 0. The molecule has 108 valence electrons. The maximum Gasteiger partial charge on any atom is 0.356 e. The number of carboxylic acid groups (broad SMARTS) is 1. The van der Waals surface area contributed by atoms with E-state index in [2.05, 4.69) is 4.98 Å². The van der Waals surface area contributed by atoms with Gasteiger partial charge in [0.05, 0.1) is 11.1 Å². The van der Waals surface area contributed by atoms with Gasteiger partial charge in [0, 0.05) is 13.1 Å². The van der Waals surface area contributed by atoms with Crippen LogP contribution in [0.15, 0.2) is 9.72 Å². The average Bonchev–Trinajstić information content (AvgIpc) is 2.73. The Bertz CT molecular complexity index is 559. The molecule has 0 radical (unpaired) electrons. The summed E-state index contributed by atoms with van der Waals surface area (Å²) >= 11 is 0.751. The molecule has 1 aromatic heterocycles. The van der Waals surface area contributed by atoms with Crippen LogP contribution in [0.4, 0.5) is 0 Å². The van der Waals surface area contributed by atoms with Crippen molar-refractivity contribution in [1.82, 2.24) is 9.29 Å². The SMILES string of the molecule is CCN(CC(C)(C)O)S(=O)(=O)c1scnc1C(=O)O. The lowest BCUT2D eigenvalue weighted by atomic mass is 10.1. The van der Waals surface area contributed by atoms with Gasteiger partial charge in [-0.3, -0.25) is 0 Å². The van der Waals surface area contributed by atoms with E-state index in [9.17, 15) is 18.3 Å². The molecule has 0 unspecified atom stereocenters. The Morgan fingerprint density at radius 3 is 2.53 bits per heavy atom. The summed E-state index contributed by atoms with van der Waals surface area (Å²) in [4.78, 5) is 14.5. The number of sulfonamides is 1. The number of hydrogen-bond donors (Lipinski definition) is 2. The van der Waals surface area contributed by atoms with Crippen molar-refractivity contribution >= 4 is 27.3 Å². The van der Waals surface area contributed by atoms with Crippen molar-refractivity contribution in [3.8, 4) is 0 Å². The van der Waals surface area contributed by atoms with E-state index >= 15 is 0 Å². The monoisotopic (exact) mass is 308 g/mol. The molecule has 0 aliphatic rings. The Labute approximate surface area is 115 Å². The Morgan fingerprint density at radius 2 is 2.11 bits per heavy atom. The molecular formula is C10H16N2O5S2. The molecule has 0 amide bonds. The van der Waals surface area contributed by atoms with Crippen LogP contribution in [0.1, 0.15) is 31.3 Å². The van der Waals surface area contributed by atoms with Crippen molar-refractivity contribution in [2.75, 3.05) is 13.1 Å². The third-order valence-electron chi connectivity index (χ3n) is 2.23. The first-order valence-electron chi connectivity index (χ1n) is 5.49. The van der Waals surface area contributed by atoms with Gasteiger partial charge in [-0.25, -0.2) is 18.2 Å². The molecule has 0 bridgehead atoms. The molecule has 0 aromatic carbocycles. The summed E-state index contributed by atoms with van der Waals surface area (Å²) in [6.07, 6.45) is 0. The van der Waals surface area contributed by atoms with Crippen LogP contribution in [0.2, 0.25) is 0 Å². The smallest absolute Gasteiger partial charge is 0.356 e. The first-order chi connectivity index (χ1) is 8.59. The zero-order valence-electron chi connectivity index (χ0n) is 10.8. The van der Waals surface area contributed by atoms with Gasteiger partial charge >= 0.3 is 5.97 Å². The summed E-state index contributed by atoms with van der Waals surface area (Å²) in [7, 11) is -3.97. The van der Waals surface area contributed by atoms with E-state index in [1.807, 2.05) is 0 Å². The van der Waals surface area contributed by atoms with Crippen LogP contribution < -0.4 is 0 Å². The number of likely N-dealkylation sites (N-methyl/N-ethyl adjacent to an activating group) is 1. The quantitative estimate of drug-likeness (QED) is 0.797. The molecule has 9 heteroatoms. The second-order valence-corrected chi connectivity index (χ2v) is 7.53. The molecular weight excluding hydrogens is 292 g/mol. The summed E-state index contributed by atoms with van der Waals surface area (Å²) < 4.78 is 25.4. The molecule has 2 N–H and O–H groups in total. The largest absolute Gasteiger partial charge is 0.476 e. The van der Waals surface area contributed by atoms with E-state index in [1.165, 1.54) is 19.4 Å². The van der Waals surface area contributed by atoms with Crippen LogP contribution >= 0.6 is 11.3 Å². The van der Waals surface area contributed by atoms with Gasteiger partial charge in [0.25, 0.3) is 10.0 Å². The van der Waals surface area contributed by atoms with Crippen LogP contribution in [0.3, 0.4) is 0 Å². The number of nitrogens with zero attached hydrogens (tertiary/aromatic N) is 2. The summed E-state index contributed by atoms with van der Waals surface area (Å²) in [6.45, 7) is 4.59. The number of carboxylic acids is 1. The van der Waals surface area contributed by atoms with Gasteiger partial charge in [0.1, 0.15) is 0 Å². The molecule has 0 saturated heterocycles. The summed E-state index contributed by atoms with van der Waals surface area (Å²) in [5.74, 6) is -1.39. The summed E-state index contributed by atoms with van der Waals surface area (Å²) in [5, 5.41) is 18.6. The number of thiazole rings is 1. The predicted octanol–water partition coefficient (Wildman–Crippen LogP) is 0.623. The minimum atomic E-state index is -3.97. The highest BCUT2D eigenvalue weighted by Crippen LogP contribution is 2.25. The van der Waals surface area contributed by atoms with Gasteiger partial charge < -0.3 is 10.2 Å². The van der Waals surface area contributed by atoms with Crippen molar-refractivity contribution in [3.63, 3.8) is 0 Å². The highest BCUT2D eigenvalue weighted by Gasteiger charge is 2.33. The molecule has 0 fully saturated rings. The Kier molecular flexibility index (Phi) is 4.67. The number of rotatable bonds is 6. The Balaban J connectivity index is 3.21. The average molecular weight is 308 g/mol. The molecule has 7 nitrogen and oxygen atoms in total. The van der Waals surface area contributed by atoms with Crippen molar-refractivity contribution in [2.24, 2.45) is 0 Å². The van der Waals surface area contributed by atoms with E-state index in [0.29, 0.717) is 0 Å². The zero-order chi connectivity index (χ0) is 14.8. The number of aliphatic hydroxyl groups is 1. The van der Waals surface area contributed by atoms with Gasteiger partial charge in [-0.05, 0) is 13.8 Å². The maximum absolute atomic E-state index is 12.3. The van der Waals surface area contributed by atoms with Crippen molar-refractivity contribution in [2.45, 2.75) is 30.6 Å². The lowest BCUT2D eigenvalue weighted by molar-refractivity contribution is 0.0601. The second-order valence-electron chi connectivity index (χ2n) is 4.54. The third kappa shape index (κ3) is 3.72. The number of carbonyl (C=O) groups is 1. The van der Waals surface area contributed by atoms with Crippen LogP contribution in [-0.4, -0.2) is 52.6 Å². The fourth-order valence-electron chi connectivity index (χ4n) is 1.48. The molecule has 1 heterocycles. The lowest BCUT2D eigenvalue weighted by Crippen LogP contribution is -2.42. The Hall–Kier alpha value is -1.03.